The van der Waals surface area contributed by atoms with Gasteiger partial charge in [-0.3, -0.25) is 24.0 Å². The zero-order valence-electron chi connectivity index (χ0n) is 26.9. The zero-order chi connectivity index (χ0) is 35.2. The first-order valence-corrected chi connectivity index (χ1v) is 16.8. The number of hydrogen-bond acceptors (Lipinski definition) is 10. The number of ether oxygens (including phenoxy) is 1. The molecule has 3 heterocycles. The molecule has 0 bridgehead atoms. The van der Waals surface area contributed by atoms with Gasteiger partial charge in [-0.05, 0) is 42.7 Å². The standard InChI is InChI=1S/C33H36N6O9S/c1-37(2)31(44)25-18-49-17-20-7-3-4-10-22(20)33(47)48-16-24(28(41)35-25)34-29(42)26-11-6-14-38(26)30(43)19-8-5-9-21(15-19)39-27(40)13-12-23(36-39)32(45)46/h3-5,7-10,15,24-26H,6,11-14,16-18H2,1-2H3,(H,34,42)(H,35,41)(H,45,46)/t24-,25-,26+/m1/s1. The molecule has 3 atom stereocenters. The first-order valence-electron chi connectivity index (χ1n) is 15.6. The Labute approximate surface area is 286 Å². The van der Waals surface area contributed by atoms with E-state index in [4.69, 9.17) is 4.74 Å². The molecule has 3 aliphatic heterocycles. The number of carbonyl (C=O) groups excluding carboxylic acids is 6. The third-order valence-corrected chi connectivity index (χ3v) is 9.37. The van der Waals surface area contributed by atoms with Gasteiger partial charge in [0.2, 0.25) is 23.6 Å². The summed E-state index contributed by atoms with van der Waals surface area (Å²) in [7, 11) is 3.13. The van der Waals surface area contributed by atoms with E-state index in [-0.39, 0.29) is 54.4 Å². The lowest BCUT2D eigenvalue weighted by Crippen LogP contribution is -2.58. The molecule has 16 heteroatoms. The summed E-state index contributed by atoms with van der Waals surface area (Å²) >= 11 is 1.36. The van der Waals surface area contributed by atoms with E-state index in [1.54, 1.807) is 38.4 Å². The van der Waals surface area contributed by atoms with Crippen molar-refractivity contribution in [2.75, 3.05) is 38.0 Å². The number of benzene rings is 2. The van der Waals surface area contributed by atoms with E-state index in [1.165, 1.54) is 45.8 Å². The molecule has 49 heavy (non-hydrogen) atoms. The van der Waals surface area contributed by atoms with E-state index in [2.05, 4.69) is 15.7 Å². The van der Waals surface area contributed by atoms with E-state index in [9.17, 15) is 38.7 Å². The van der Waals surface area contributed by atoms with Crippen LogP contribution in [0.15, 0.2) is 53.6 Å². The number of hydrazone groups is 1. The number of esters is 1. The van der Waals surface area contributed by atoms with E-state index in [0.29, 0.717) is 23.3 Å². The third-order valence-electron chi connectivity index (χ3n) is 8.28. The minimum absolute atomic E-state index is 0.00898. The van der Waals surface area contributed by atoms with Crippen molar-refractivity contribution in [1.82, 2.24) is 20.4 Å². The Morgan fingerprint density at radius 1 is 1.06 bits per heavy atom. The summed E-state index contributed by atoms with van der Waals surface area (Å²) in [4.78, 5) is 93.7. The second-order valence-corrected chi connectivity index (χ2v) is 12.9. The monoisotopic (exact) mass is 692 g/mol. The van der Waals surface area contributed by atoms with Crippen LogP contribution in [0.25, 0.3) is 0 Å². The van der Waals surface area contributed by atoms with E-state index >= 15 is 0 Å². The average molecular weight is 693 g/mol. The molecule has 5 amide bonds. The minimum atomic E-state index is -1.38. The number of carbonyl (C=O) groups is 7. The Kier molecular flexibility index (Phi) is 11.0. The maximum Gasteiger partial charge on any atom is 0.352 e. The van der Waals surface area contributed by atoms with Gasteiger partial charge in [0, 0.05) is 50.6 Å². The number of nitrogens with zero attached hydrogens (tertiary/aromatic N) is 4. The van der Waals surface area contributed by atoms with Crippen molar-refractivity contribution in [3.05, 3.63) is 65.2 Å². The quantitative estimate of drug-likeness (QED) is 0.368. The Balaban J connectivity index is 1.35. The Morgan fingerprint density at radius 2 is 1.84 bits per heavy atom. The molecule has 0 unspecified atom stereocenters. The van der Waals surface area contributed by atoms with Crippen LogP contribution >= 0.6 is 11.8 Å². The molecule has 258 valence electrons. The first kappa shape index (κ1) is 35.1. The van der Waals surface area contributed by atoms with Crippen LogP contribution in [-0.2, 0) is 34.5 Å². The van der Waals surface area contributed by atoms with Crippen LogP contribution in [0.4, 0.5) is 5.69 Å². The molecule has 0 radical (unpaired) electrons. The van der Waals surface area contributed by atoms with Crippen molar-refractivity contribution in [2.45, 2.75) is 49.6 Å². The van der Waals surface area contributed by atoms with Crippen LogP contribution < -0.4 is 15.6 Å². The summed E-state index contributed by atoms with van der Waals surface area (Å²) in [5.74, 6) is -3.99. The van der Waals surface area contributed by atoms with Crippen LogP contribution in [0.1, 0.15) is 52.0 Å². The van der Waals surface area contributed by atoms with Crippen LogP contribution in [-0.4, -0.2) is 113 Å². The van der Waals surface area contributed by atoms with Crippen molar-refractivity contribution in [1.29, 1.82) is 0 Å². The van der Waals surface area contributed by atoms with E-state index in [1.807, 2.05) is 0 Å². The SMILES string of the molecule is CN(C)C(=O)[C@H]1CSCc2ccccc2C(=O)OC[C@@H](NC(=O)[C@@H]2CCCN2C(=O)c2cccc(N3N=C(C(=O)O)CCC3=O)c2)C(=O)N1. The van der Waals surface area contributed by atoms with Gasteiger partial charge in [-0.2, -0.15) is 16.9 Å². The zero-order valence-corrected chi connectivity index (χ0v) is 27.7. The number of likely N-dealkylation sites (tertiary alicyclic amines) is 1. The third kappa shape index (κ3) is 8.08. The summed E-state index contributed by atoms with van der Waals surface area (Å²) in [6.45, 7) is -0.295. The minimum Gasteiger partial charge on any atom is -0.477 e. The van der Waals surface area contributed by atoms with Crippen molar-refractivity contribution in [3.8, 4) is 0 Å². The van der Waals surface area contributed by atoms with Crippen LogP contribution in [0, 0.1) is 0 Å². The summed E-state index contributed by atoms with van der Waals surface area (Å²) < 4.78 is 5.50. The fourth-order valence-corrected chi connectivity index (χ4v) is 6.76. The molecule has 15 nitrogen and oxygen atoms in total. The van der Waals surface area contributed by atoms with Gasteiger partial charge in [0.05, 0.1) is 11.3 Å². The Hall–Kier alpha value is -5.25. The number of thioether (sulfide) groups is 1. The molecule has 3 aliphatic rings. The van der Waals surface area contributed by atoms with Crippen molar-refractivity contribution < 1.29 is 43.4 Å². The lowest BCUT2D eigenvalue weighted by molar-refractivity contribution is -0.136. The van der Waals surface area contributed by atoms with Gasteiger partial charge in [-0.25, -0.2) is 14.6 Å². The van der Waals surface area contributed by atoms with Gasteiger partial charge in [0.15, 0.2) is 0 Å². The normalized spacial score (nSPS) is 21.6. The molecule has 2 aromatic carbocycles. The number of likely N-dealkylation sites (N-methyl/N-ethyl adjacent to an activating group) is 1. The lowest BCUT2D eigenvalue weighted by atomic mass is 10.1. The van der Waals surface area contributed by atoms with E-state index < -0.39 is 60.3 Å². The van der Waals surface area contributed by atoms with Gasteiger partial charge in [-0.15, -0.1) is 0 Å². The number of carboxylic acid groups (broad SMARTS) is 1. The molecule has 0 aliphatic carbocycles. The number of fused-ring (bicyclic) bond motifs is 1. The van der Waals surface area contributed by atoms with Crippen LogP contribution in [0.2, 0.25) is 0 Å². The highest BCUT2D eigenvalue weighted by Gasteiger charge is 2.38. The fraction of sp³-hybridized carbons (Fsp3) is 0.394. The number of aliphatic carboxylic acids is 1. The highest BCUT2D eigenvalue weighted by Crippen LogP contribution is 2.26. The summed E-state index contributed by atoms with van der Waals surface area (Å²) in [6, 6.07) is 9.53. The molecular formula is C33H36N6O9S. The van der Waals surface area contributed by atoms with E-state index in [0.717, 1.165) is 5.01 Å². The Bertz CT molecular complexity index is 1710. The van der Waals surface area contributed by atoms with Gasteiger partial charge in [0.25, 0.3) is 5.91 Å². The summed E-state index contributed by atoms with van der Waals surface area (Å²) in [5, 5.41) is 19.6. The van der Waals surface area contributed by atoms with Gasteiger partial charge in [0.1, 0.15) is 30.4 Å². The number of hydrogen-bond donors (Lipinski definition) is 3. The maximum absolute atomic E-state index is 13.7. The number of rotatable bonds is 6. The molecular weight excluding hydrogens is 656 g/mol. The lowest BCUT2D eigenvalue weighted by Gasteiger charge is -2.28. The van der Waals surface area contributed by atoms with Crippen LogP contribution in [0.5, 0.6) is 0 Å². The van der Waals surface area contributed by atoms with Crippen molar-refractivity contribution in [3.63, 3.8) is 0 Å². The molecule has 2 aromatic rings. The molecule has 0 spiro atoms. The molecule has 5 rings (SSSR count). The highest BCUT2D eigenvalue weighted by molar-refractivity contribution is 7.98. The molecule has 0 saturated carbocycles. The highest BCUT2D eigenvalue weighted by atomic mass is 32.2. The molecule has 1 saturated heterocycles. The number of cyclic esters (lactones) is 1. The fourth-order valence-electron chi connectivity index (χ4n) is 5.71. The topological polar surface area (TPSA) is 195 Å². The largest absolute Gasteiger partial charge is 0.477 e. The second kappa shape index (κ2) is 15.3. The van der Waals surface area contributed by atoms with Gasteiger partial charge >= 0.3 is 11.9 Å². The smallest absolute Gasteiger partial charge is 0.352 e. The summed E-state index contributed by atoms with van der Waals surface area (Å²) in [5.41, 5.74) is 1.16. The van der Waals surface area contributed by atoms with Crippen molar-refractivity contribution in [2.24, 2.45) is 5.10 Å². The predicted molar refractivity (Wildman–Crippen MR) is 178 cm³/mol. The number of nitrogens with one attached hydrogen (secondary N) is 2. The number of anilines is 1. The number of amides is 5. The Morgan fingerprint density at radius 3 is 2.59 bits per heavy atom. The number of carboxylic acids is 1. The van der Waals surface area contributed by atoms with Crippen molar-refractivity contribution >= 4 is 64.6 Å². The first-order chi connectivity index (χ1) is 23.4. The van der Waals surface area contributed by atoms with Crippen LogP contribution in [0.3, 0.4) is 0 Å². The molecule has 3 N–H and O–H groups in total. The molecule has 0 aromatic heterocycles. The molecule has 1 fully saturated rings. The summed E-state index contributed by atoms with van der Waals surface area (Å²) in [6.07, 6.45) is 0.704. The predicted octanol–water partition coefficient (Wildman–Crippen LogP) is 1.02. The average Bonchev–Trinajstić information content (AvgIpc) is 3.59. The maximum atomic E-state index is 13.7. The second-order valence-electron chi connectivity index (χ2n) is 11.9. The van der Waals surface area contributed by atoms with Gasteiger partial charge < -0.3 is 30.3 Å². The van der Waals surface area contributed by atoms with Gasteiger partial charge in [-0.1, -0.05) is 24.3 Å².